The van der Waals surface area contributed by atoms with Gasteiger partial charge in [0.1, 0.15) is 0 Å². The van der Waals surface area contributed by atoms with Gasteiger partial charge in [0, 0.05) is 0 Å². The number of hydrogen-bond acceptors (Lipinski definition) is 0. The van der Waals surface area contributed by atoms with E-state index in [1.807, 2.05) is 0 Å². The summed E-state index contributed by atoms with van der Waals surface area (Å²) in [5, 5.41) is 0. The molecule has 0 aromatic rings. The largest absolute Gasteiger partial charge is 0.180 e. The summed E-state index contributed by atoms with van der Waals surface area (Å²) < 4.78 is 4.40. The summed E-state index contributed by atoms with van der Waals surface area (Å²) in [7, 11) is 0. The van der Waals surface area contributed by atoms with Crippen LogP contribution in [0.25, 0.3) is 0 Å². The van der Waals surface area contributed by atoms with Crippen LogP contribution in [0.5, 0.6) is 0 Å². The Kier molecular flexibility index (Phi) is 1.64. The molecule has 0 rings (SSSR count). The van der Waals surface area contributed by atoms with Crippen molar-refractivity contribution in [3.63, 3.8) is 0 Å². The second-order valence-corrected chi connectivity index (χ2v) is 1.93. The predicted molar refractivity (Wildman–Crippen MR) is 21.3 cm³/mol. The molecule has 0 aromatic carbocycles. The van der Waals surface area contributed by atoms with Crippen molar-refractivity contribution in [3.05, 3.63) is 0 Å². The molecule has 0 atom stereocenters. The molecular formula is CHCl3. The van der Waals surface area contributed by atoms with E-state index in [2.05, 4.69) is 0 Å². The molecule has 0 bridgehead atoms. The molecule has 26 valence electrons. The van der Waals surface area contributed by atoms with Gasteiger partial charge >= 0.3 is 0 Å². The topological polar surface area (TPSA) is 0 Å². The summed E-state index contributed by atoms with van der Waals surface area (Å²) in [5.74, 6) is 0. The lowest BCUT2D eigenvalue weighted by molar-refractivity contribution is 1.96. The van der Waals surface area contributed by atoms with E-state index < -0.39 is 4.27 Å². The van der Waals surface area contributed by atoms with E-state index in [4.69, 9.17) is 36.2 Å². The average Bonchev–Trinajstić information content (AvgIpc) is 0.722. The van der Waals surface area contributed by atoms with E-state index in [0.717, 1.165) is 0 Å². The molecule has 0 aromatic heterocycles. The van der Waals surface area contributed by atoms with Crippen LogP contribution in [0.1, 0.15) is 1.37 Å². The third-order valence-electron chi connectivity index (χ3n) is 0. The Hall–Kier alpha value is 0.870. The van der Waals surface area contributed by atoms with Gasteiger partial charge in [-0.3, -0.25) is 0 Å². The van der Waals surface area contributed by atoms with Crippen molar-refractivity contribution in [2.24, 2.45) is 0 Å². The normalized spacial score (nSPS) is 15.2. The highest BCUT2D eigenvalue weighted by molar-refractivity contribution is 6.63. The lowest BCUT2D eigenvalue weighted by Gasteiger charge is -1.69. The van der Waals surface area contributed by atoms with Crippen molar-refractivity contribution in [1.82, 2.24) is 0 Å². The summed E-state index contributed by atoms with van der Waals surface area (Å²) in [6, 6.07) is 0. The van der Waals surface area contributed by atoms with Gasteiger partial charge in [-0.2, -0.15) is 0 Å². The average molecular weight is 121 g/mol. The lowest BCUT2D eigenvalue weighted by Crippen LogP contribution is -1.55. The Morgan fingerprint density at radius 3 is 1.50 bits per heavy atom. The fraction of sp³-hybridized carbons (Fsp3) is 1.00. The zero-order chi connectivity index (χ0) is 4.50. The molecule has 0 nitrogen and oxygen atoms in total. The number of halogens is 3. The zero-order valence-corrected chi connectivity index (χ0v) is 3.90. The summed E-state index contributed by atoms with van der Waals surface area (Å²) in [5.41, 5.74) is 0. The van der Waals surface area contributed by atoms with Gasteiger partial charge in [0.2, 0.25) is 0 Å². The second kappa shape index (κ2) is 2.13. The third kappa shape index (κ3) is 13.3. The van der Waals surface area contributed by atoms with Crippen LogP contribution >= 0.6 is 34.8 Å². The van der Waals surface area contributed by atoms with Crippen molar-refractivity contribution in [2.75, 3.05) is 0 Å². The zero-order valence-electron chi connectivity index (χ0n) is 2.63. The van der Waals surface area contributed by atoms with Gasteiger partial charge in [0.05, 0.1) is 1.37 Å². The van der Waals surface area contributed by atoms with Gasteiger partial charge in [-0.1, -0.05) is 34.8 Å². The lowest BCUT2D eigenvalue weighted by atomic mass is 12.9. The molecule has 0 aliphatic heterocycles. The van der Waals surface area contributed by atoms with Gasteiger partial charge in [0.15, 0.2) is 4.27 Å². The first-order valence-corrected chi connectivity index (χ1v) is 1.70. The van der Waals surface area contributed by atoms with Gasteiger partial charge in [-0.25, -0.2) is 0 Å². The van der Waals surface area contributed by atoms with E-state index in [9.17, 15) is 0 Å². The summed E-state index contributed by atoms with van der Waals surface area (Å²) in [6.07, 6.45) is 0. The first-order valence-electron chi connectivity index (χ1n) is 1.07. The smallest absolute Gasteiger partial charge is 0.0874 e. The molecule has 0 aliphatic carbocycles. The summed E-state index contributed by atoms with van der Waals surface area (Å²) >= 11 is 14.2. The van der Waals surface area contributed by atoms with Crippen LogP contribution in [0.2, 0.25) is 0 Å². The Morgan fingerprint density at radius 1 is 1.50 bits per heavy atom. The Bertz CT molecular complexity index is 22.4. The van der Waals surface area contributed by atoms with Crippen LogP contribution in [0.3, 0.4) is 0 Å². The molecule has 0 fully saturated rings. The molecule has 0 spiro atoms. The standard InChI is InChI=1S/CHCl3/c2-1(3)4/h1H/i1+1D. The third-order valence-corrected chi connectivity index (χ3v) is 0. The maximum absolute atomic E-state index is 6.23. The maximum Gasteiger partial charge on any atom is 0.180 e. The van der Waals surface area contributed by atoms with E-state index >= 15 is 0 Å². The molecule has 0 N–H and O–H groups in total. The summed E-state index contributed by atoms with van der Waals surface area (Å²) in [6.45, 7) is 0. The second-order valence-electron chi connectivity index (χ2n) is 0.214. The molecule has 0 aliphatic rings. The maximum atomic E-state index is 6.23. The van der Waals surface area contributed by atoms with Crippen LogP contribution in [0.15, 0.2) is 0 Å². The minimum Gasteiger partial charge on any atom is -0.0874 e. The van der Waals surface area contributed by atoms with Crippen LogP contribution in [-0.4, -0.2) is 4.27 Å². The summed E-state index contributed by atoms with van der Waals surface area (Å²) in [4.78, 5) is 0. The van der Waals surface area contributed by atoms with Gasteiger partial charge in [-0.15, -0.1) is 0 Å². The molecule has 0 saturated heterocycles. The van der Waals surface area contributed by atoms with Crippen LogP contribution in [0.4, 0.5) is 0 Å². The molecule has 0 saturated carbocycles. The van der Waals surface area contributed by atoms with Crippen molar-refractivity contribution in [3.8, 4) is 0 Å². The van der Waals surface area contributed by atoms with Gasteiger partial charge < -0.3 is 0 Å². The van der Waals surface area contributed by atoms with Crippen LogP contribution in [0, 0.1) is 0 Å². The van der Waals surface area contributed by atoms with Crippen molar-refractivity contribution in [2.45, 2.75) is 4.27 Å². The predicted octanol–water partition coefficient (Wildman–Crippen LogP) is 1.99. The fourth-order valence-electron chi connectivity index (χ4n) is 0. The van der Waals surface area contributed by atoms with Crippen LogP contribution < -0.4 is 0 Å². The van der Waals surface area contributed by atoms with Crippen molar-refractivity contribution in [1.29, 1.82) is 0 Å². The minimum atomic E-state index is -1.83. The number of rotatable bonds is 0. The van der Waals surface area contributed by atoms with E-state index in [1.165, 1.54) is 0 Å². The quantitative estimate of drug-likeness (QED) is 0.340. The first kappa shape index (κ1) is 3.08. The highest BCUT2D eigenvalue weighted by Crippen LogP contribution is 2.03. The van der Waals surface area contributed by atoms with E-state index in [1.54, 1.807) is 0 Å². The Labute approximate surface area is 41.1 Å². The van der Waals surface area contributed by atoms with Gasteiger partial charge in [-0.05, 0) is 0 Å². The molecule has 3 heteroatoms. The number of alkyl halides is 3. The highest BCUT2D eigenvalue weighted by atomic mass is 35.6. The minimum absolute atomic E-state index is 1.83. The Morgan fingerprint density at radius 2 is 1.50 bits per heavy atom. The van der Waals surface area contributed by atoms with Crippen molar-refractivity contribution >= 4 is 34.8 Å². The molecule has 4 heavy (non-hydrogen) atoms. The van der Waals surface area contributed by atoms with Crippen molar-refractivity contribution < 1.29 is 1.37 Å². The molecule has 0 amide bonds. The van der Waals surface area contributed by atoms with Crippen LogP contribution in [-0.2, 0) is 0 Å². The van der Waals surface area contributed by atoms with Gasteiger partial charge in [0.25, 0.3) is 0 Å². The molecule has 0 unspecified atom stereocenters. The first-order chi connectivity index (χ1) is 2.00. The molecular weight excluding hydrogens is 119 g/mol. The highest BCUT2D eigenvalue weighted by Gasteiger charge is 1.78. The fourth-order valence-corrected chi connectivity index (χ4v) is 0. The van der Waals surface area contributed by atoms with E-state index in [0.29, 0.717) is 0 Å². The number of hydrogen-bond donors (Lipinski definition) is 0. The SMILES string of the molecule is [2H][13C](Cl)(Cl)Cl. The van der Waals surface area contributed by atoms with E-state index in [-0.39, 0.29) is 0 Å². The molecule has 0 radical (unpaired) electrons. The Balaban J connectivity index is 3.02. The monoisotopic (exact) mass is 120 g/mol. The molecule has 0 heterocycles.